The summed E-state index contributed by atoms with van der Waals surface area (Å²) in [6.07, 6.45) is 0.254. The molecule has 0 fully saturated rings. The van der Waals surface area contributed by atoms with Crippen LogP contribution >= 0.6 is 11.6 Å². The topological polar surface area (TPSA) is 67.4 Å². The molecule has 10 heteroatoms. The van der Waals surface area contributed by atoms with Gasteiger partial charge < -0.3 is 10.1 Å². The molecule has 0 aromatic heterocycles. The molecule has 0 radical (unpaired) electrons. The molecule has 2 N–H and O–H groups in total. The van der Waals surface area contributed by atoms with Crippen LogP contribution in [0.25, 0.3) is 0 Å². The Morgan fingerprint density at radius 3 is 2.58 bits per heavy atom. The van der Waals surface area contributed by atoms with E-state index in [-0.39, 0.29) is 28.5 Å². The third-order valence-electron chi connectivity index (χ3n) is 6.64. The van der Waals surface area contributed by atoms with Gasteiger partial charge >= 0.3 is 6.18 Å². The van der Waals surface area contributed by atoms with Gasteiger partial charge in [-0.25, -0.2) is 8.42 Å². The van der Waals surface area contributed by atoms with Crippen molar-refractivity contribution in [3.8, 4) is 5.75 Å². The minimum atomic E-state index is -4.71. The standard InChI is InChI=1S/C26H22ClF3N2O3S/c1-35-24-8-3-2-5-19(24)25-18-7-4-6-17(18)20-14-16(10-12-23(20)31-25)36(33,34)32-15-9-11-22(27)21(13-15)26(28,29)30/h2-6,8-14,17-18,25,31-32H,7H2,1H3/t17-,18+,25-/m0/s1. The van der Waals surface area contributed by atoms with Crippen LogP contribution in [0.2, 0.25) is 5.02 Å². The number of hydrogen-bond acceptors (Lipinski definition) is 4. The lowest BCUT2D eigenvalue weighted by atomic mass is 9.77. The van der Waals surface area contributed by atoms with Crippen molar-refractivity contribution in [1.82, 2.24) is 0 Å². The van der Waals surface area contributed by atoms with Crippen molar-refractivity contribution in [3.63, 3.8) is 0 Å². The highest BCUT2D eigenvalue weighted by atomic mass is 35.5. The highest BCUT2D eigenvalue weighted by Gasteiger charge is 2.39. The van der Waals surface area contributed by atoms with Crippen molar-refractivity contribution < 1.29 is 26.3 Å². The molecule has 188 valence electrons. The summed E-state index contributed by atoms with van der Waals surface area (Å²) in [6.45, 7) is 0. The zero-order chi connectivity index (χ0) is 25.7. The number of alkyl halides is 3. The third-order valence-corrected chi connectivity index (χ3v) is 8.35. The van der Waals surface area contributed by atoms with E-state index in [9.17, 15) is 21.6 Å². The first-order valence-corrected chi connectivity index (χ1v) is 13.0. The predicted octanol–water partition coefficient (Wildman–Crippen LogP) is 6.99. The summed E-state index contributed by atoms with van der Waals surface area (Å²) in [4.78, 5) is -0.0404. The van der Waals surface area contributed by atoms with Crippen LogP contribution in [-0.2, 0) is 16.2 Å². The average molecular weight is 535 g/mol. The highest BCUT2D eigenvalue weighted by molar-refractivity contribution is 7.92. The maximum absolute atomic E-state index is 13.2. The molecule has 3 atom stereocenters. The van der Waals surface area contributed by atoms with Crippen molar-refractivity contribution >= 4 is 33.0 Å². The molecule has 3 aromatic carbocycles. The normalized spacial score (nSPS) is 20.9. The smallest absolute Gasteiger partial charge is 0.417 e. The van der Waals surface area contributed by atoms with Gasteiger partial charge in [0, 0.05) is 22.9 Å². The van der Waals surface area contributed by atoms with E-state index in [4.69, 9.17) is 16.3 Å². The lowest BCUT2D eigenvalue weighted by molar-refractivity contribution is -0.137. The van der Waals surface area contributed by atoms with Gasteiger partial charge in [-0.2, -0.15) is 13.2 Å². The fourth-order valence-electron chi connectivity index (χ4n) is 4.99. The van der Waals surface area contributed by atoms with Gasteiger partial charge in [0.05, 0.1) is 28.6 Å². The van der Waals surface area contributed by atoms with Crippen molar-refractivity contribution in [2.45, 2.75) is 29.5 Å². The molecular formula is C26H22ClF3N2O3S. The number of methoxy groups -OCH3 is 1. The first-order valence-electron chi connectivity index (χ1n) is 11.2. The van der Waals surface area contributed by atoms with Crippen LogP contribution in [0.15, 0.2) is 77.7 Å². The lowest BCUT2D eigenvalue weighted by Crippen LogP contribution is -2.29. The molecule has 5 rings (SSSR count). The van der Waals surface area contributed by atoms with Crippen LogP contribution in [0.5, 0.6) is 5.75 Å². The number of nitrogens with one attached hydrogen (secondary N) is 2. The van der Waals surface area contributed by atoms with Crippen LogP contribution in [-0.4, -0.2) is 15.5 Å². The summed E-state index contributed by atoms with van der Waals surface area (Å²) in [5.41, 5.74) is 1.29. The second-order valence-electron chi connectivity index (χ2n) is 8.76. The van der Waals surface area contributed by atoms with E-state index in [1.807, 2.05) is 24.3 Å². The van der Waals surface area contributed by atoms with Gasteiger partial charge in [-0.05, 0) is 60.4 Å². The van der Waals surface area contributed by atoms with E-state index in [1.165, 1.54) is 12.1 Å². The number of fused-ring (bicyclic) bond motifs is 3. The van der Waals surface area contributed by atoms with Crippen molar-refractivity contribution in [2.75, 3.05) is 17.1 Å². The summed E-state index contributed by atoms with van der Waals surface area (Å²) in [5.74, 6) is 0.887. The van der Waals surface area contributed by atoms with Gasteiger partial charge in [0.25, 0.3) is 10.0 Å². The molecule has 0 bridgehead atoms. The maximum Gasteiger partial charge on any atom is 0.417 e. The molecule has 5 nitrogen and oxygen atoms in total. The van der Waals surface area contributed by atoms with E-state index in [0.29, 0.717) is 6.07 Å². The Morgan fingerprint density at radius 1 is 1.06 bits per heavy atom. The largest absolute Gasteiger partial charge is 0.496 e. The molecule has 3 aromatic rings. The first kappa shape index (κ1) is 24.5. The van der Waals surface area contributed by atoms with Gasteiger partial charge in [-0.15, -0.1) is 0 Å². The number of halogens is 4. The highest BCUT2D eigenvalue weighted by Crippen LogP contribution is 2.51. The molecule has 0 spiro atoms. The van der Waals surface area contributed by atoms with Crippen LogP contribution in [0, 0.1) is 5.92 Å². The Kier molecular flexibility index (Phi) is 6.16. The minimum Gasteiger partial charge on any atom is -0.496 e. The number of benzene rings is 3. The Balaban J connectivity index is 1.48. The quantitative estimate of drug-likeness (QED) is 0.346. The Bertz CT molecular complexity index is 1460. The molecule has 36 heavy (non-hydrogen) atoms. The van der Waals surface area contributed by atoms with Crippen molar-refractivity contribution in [2.24, 2.45) is 5.92 Å². The Morgan fingerprint density at radius 2 is 1.83 bits per heavy atom. The minimum absolute atomic E-state index is 0.0290. The van der Waals surface area contributed by atoms with E-state index in [1.54, 1.807) is 19.2 Å². The van der Waals surface area contributed by atoms with E-state index >= 15 is 0 Å². The zero-order valence-electron chi connectivity index (χ0n) is 19.0. The SMILES string of the molecule is COc1ccccc1[C@H]1Nc2ccc(S(=O)(=O)Nc3ccc(Cl)c(C(F)(F)F)c3)cc2[C@H]2C=CC[C@H]21. The fourth-order valence-corrected chi connectivity index (χ4v) is 6.30. The monoisotopic (exact) mass is 534 g/mol. The Hall–Kier alpha value is -3.17. The third kappa shape index (κ3) is 4.41. The Labute approximate surface area is 212 Å². The molecule has 0 saturated heterocycles. The number of rotatable bonds is 5. The summed E-state index contributed by atoms with van der Waals surface area (Å²) in [7, 11) is -2.53. The molecule has 2 aliphatic rings. The van der Waals surface area contributed by atoms with Gasteiger partial charge in [0.2, 0.25) is 0 Å². The molecular weight excluding hydrogens is 513 g/mol. The number of para-hydroxylation sites is 1. The number of anilines is 2. The van der Waals surface area contributed by atoms with Gasteiger partial charge in [0.1, 0.15) is 5.75 Å². The van der Waals surface area contributed by atoms with Gasteiger partial charge in [-0.3, -0.25) is 4.72 Å². The average Bonchev–Trinajstić information content (AvgIpc) is 3.34. The van der Waals surface area contributed by atoms with Crippen molar-refractivity contribution in [1.29, 1.82) is 0 Å². The summed E-state index contributed by atoms with van der Waals surface area (Å²) in [5, 5.41) is 3.04. The van der Waals surface area contributed by atoms with Crippen molar-refractivity contribution in [3.05, 3.63) is 94.5 Å². The number of hydrogen-bond donors (Lipinski definition) is 2. The molecule has 0 amide bonds. The molecule has 0 saturated carbocycles. The van der Waals surface area contributed by atoms with E-state index in [2.05, 4.69) is 22.2 Å². The molecule has 1 heterocycles. The van der Waals surface area contributed by atoms with Crippen LogP contribution in [0.4, 0.5) is 24.5 Å². The second kappa shape index (κ2) is 9.05. The predicted molar refractivity (Wildman–Crippen MR) is 133 cm³/mol. The number of allylic oxidation sites excluding steroid dienone is 2. The summed E-state index contributed by atoms with van der Waals surface area (Å²) >= 11 is 5.66. The van der Waals surface area contributed by atoms with Crippen LogP contribution in [0.1, 0.15) is 35.1 Å². The number of sulfonamides is 1. The van der Waals surface area contributed by atoms with Gasteiger partial charge in [-0.1, -0.05) is 42.0 Å². The zero-order valence-corrected chi connectivity index (χ0v) is 20.6. The molecule has 1 aliphatic carbocycles. The summed E-state index contributed by atoms with van der Waals surface area (Å²) < 4.78 is 73.7. The van der Waals surface area contributed by atoms with E-state index < -0.39 is 26.8 Å². The second-order valence-corrected chi connectivity index (χ2v) is 10.9. The van der Waals surface area contributed by atoms with Crippen LogP contribution in [0.3, 0.4) is 0 Å². The maximum atomic E-state index is 13.2. The van der Waals surface area contributed by atoms with Gasteiger partial charge in [0.15, 0.2) is 0 Å². The van der Waals surface area contributed by atoms with E-state index in [0.717, 1.165) is 35.1 Å². The summed E-state index contributed by atoms with van der Waals surface area (Å²) in [6, 6.07) is 15.4. The molecule has 1 aliphatic heterocycles. The lowest BCUT2D eigenvalue weighted by Gasteiger charge is -2.38. The molecule has 0 unspecified atom stereocenters. The number of ether oxygens (including phenoxy) is 1. The van der Waals surface area contributed by atoms with Crippen LogP contribution < -0.4 is 14.8 Å². The first-order chi connectivity index (χ1) is 17.1. The fraction of sp³-hybridized carbons (Fsp3) is 0.231.